The van der Waals surface area contributed by atoms with Crippen LogP contribution in [-0.4, -0.2) is 12.9 Å². The Morgan fingerprint density at radius 1 is 1.13 bits per heavy atom. The lowest BCUT2D eigenvalue weighted by Gasteiger charge is -2.23. The highest BCUT2D eigenvalue weighted by Crippen LogP contribution is 2.27. The predicted molar refractivity (Wildman–Crippen MR) is 97.1 cm³/mol. The first-order valence-corrected chi connectivity index (χ1v) is 9.49. The Labute approximate surface area is 142 Å². The molecule has 23 heavy (non-hydrogen) atoms. The van der Waals surface area contributed by atoms with Crippen LogP contribution in [0.2, 0.25) is 0 Å². The van der Waals surface area contributed by atoms with Gasteiger partial charge >= 0.3 is 0 Å². The molecule has 0 bridgehead atoms. The molecule has 0 radical (unpaired) electrons. The van der Waals surface area contributed by atoms with Gasteiger partial charge in [0.2, 0.25) is 0 Å². The highest BCUT2D eigenvalue weighted by Gasteiger charge is 2.14. The minimum Gasteiger partial charge on any atom is -0.465 e. The maximum absolute atomic E-state index is 5.98. The number of hydrogen-bond donors (Lipinski definition) is 0. The average molecular weight is 319 g/mol. The van der Waals surface area contributed by atoms with E-state index in [-0.39, 0.29) is 6.29 Å². The fourth-order valence-corrected chi connectivity index (χ4v) is 3.44. The molecule has 0 aromatic heterocycles. The zero-order valence-corrected chi connectivity index (χ0v) is 15.4. The lowest BCUT2D eigenvalue weighted by Crippen LogP contribution is -2.19. The van der Waals surface area contributed by atoms with E-state index in [4.69, 9.17) is 9.47 Å². The second-order valence-corrected chi connectivity index (χ2v) is 7.18. The molecule has 1 aromatic rings. The molecule has 0 saturated heterocycles. The minimum atomic E-state index is -0.174. The van der Waals surface area contributed by atoms with E-state index in [0.717, 1.165) is 18.3 Å². The van der Waals surface area contributed by atoms with Crippen molar-refractivity contribution in [3.05, 3.63) is 29.3 Å². The summed E-state index contributed by atoms with van der Waals surface area (Å²) in [5.41, 5.74) is 2.59. The van der Waals surface area contributed by atoms with Crippen molar-refractivity contribution in [2.75, 3.05) is 6.61 Å². The second-order valence-electron chi connectivity index (χ2n) is 7.18. The lowest BCUT2D eigenvalue weighted by atomic mass is 9.87. The molecule has 1 fully saturated rings. The lowest BCUT2D eigenvalue weighted by molar-refractivity contribution is -0.0714. The molecule has 1 aliphatic rings. The Hall–Kier alpha value is -1.02. The zero-order chi connectivity index (χ0) is 16.7. The molecular weight excluding hydrogens is 284 g/mol. The molecule has 130 valence electrons. The van der Waals surface area contributed by atoms with Crippen LogP contribution in [0.25, 0.3) is 0 Å². The van der Waals surface area contributed by atoms with Gasteiger partial charge in [0, 0.05) is 0 Å². The molecular formula is C21H34O2. The van der Waals surface area contributed by atoms with E-state index in [1.165, 1.54) is 56.1 Å². The molecule has 0 aliphatic heterocycles. The van der Waals surface area contributed by atoms with Crippen LogP contribution >= 0.6 is 0 Å². The van der Waals surface area contributed by atoms with Crippen molar-refractivity contribution in [3.8, 4) is 5.75 Å². The van der Waals surface area contributed by atoms with Crippen molar-refractivity contribution >= 4 is 0 Å². The minimum absolute atomic E-state index is 0.174. The molecule has 2 atom stereocenters. The van der Waals surface area contributed by atoms with Gasteiger partial charge in [0.05, 0.1) is 6.61 Å². The van der Waals surface area contributed by atoms with Crippen LogP contribution in [0.3, 0.4) is 0 Å². The normalized spacial score (nSPS) is 18.6. The summed E-state index contributed by atoms with van der Waals surface area (Å²) in [7, 11) is 0. The third-order valence-electron chi connectivity index (χ3n) is 5.28. The Balaban J connectivity index is 1.76. The first-order chi connectivity index (χ1) is 11.1. The molecule has 2 rings (SSSR count). The first-order valence-electron chi connectivity index (χ1n) is 9.49. The van der Waals surface area contributed by atoms with Gasteiger partial charge in [-0.15, -0.1) is 0 Å². The topological polar surface area (TPSA) is 18.5 Å². The quantitative estimate of drug-likeness (QED) is 0.530. The molecule has 2 unspecified atom stereocenters. The molecule has 1 aromatic carbocycles. The summed E-state index contributed by atoms with van der Waals surface area (Å²) in [5.74, 6) is 2.42. The van der Waals surface area contributed by atoms with Crippen LogP contribution in [0.4, 0.5) is 0 Å². The van der Waals surface area contributed by atoms with Gasteiger partial charge in [-0.3, -0.25) is 0 Å². The summed E-state index contributed by atoms with van der Waals surface area (Å²) in [5, 5.41) is 0. The van der Waals surface area contributed by atoms with Crippen LogP contribution in [0, 0.1) is 12.8 Å². The van der Waals surface area contributed by atoms with Crippen molar-refractivity contribution in [1.82, 2.24) is 0 Å². The van der Waals surface area contributed by atoms with E-state index in [1.54, 1.807) is 0 Å². The Morgan fingerprint density at radius 3 is 2.52 bits per heavy atom. The van der Waals surface area contributed by atoms with Gasteiger partial charge in [-0.05, 0) is 55.7 Å². The van der Waals surface area contributed by atoms with Gasteiger partial charge in [-0.25, -0.2) is 0 Å². The van der Waals surface area contributed by atoms with Gasteiger partial charge in [-0.2, -0.15) is 0 Å². The van der Waals surface area contributed by atoms with Crippen molar-refractivity contribution in [3.63, 3.8) is 0 Å². The Bertz CT molecular complexity index is 463. The van der Waals surface area contributed by atoms with E-state index < -0.39 is 0 Å². The number of rotatable bonds is 8. The van der Waals surface area contributed by atoms with Crippen LogP contribution in [0.5, 0.6) is 5.75 Å². The standard InChI is InChI=1S/C21H34O2/c1-5-16(2)20-11-12-21(17(3)15-20)23-18(4)22-14-13-19-9-7-6-8-10-19/h11-12,15-16,18-19H,5-10,13-14H2,1-4H3. The van der Waals surface area contributed by atoms with Crippen LogP contribution in [0.1, 0.15) is 82.8 Å². The van der Waals surface area contributed by atoms with E-state index in [2.05, 4.69) is 39.0 Å². The van der Waals surface area contributed by atoms with E-state index in [0.29, 0.717) is 5.92 Å². The molecule has 0 N–H and O–H groups in total. The van der Waals surface area contributed by atoms with Crippen LogP contribution in [-0.2, 0) is 4.74 Å². The Morgan fingerprint density at radius 2 is 1.87 bits per heavy atom. The highest BCUT2D eigenvalue weighted by atomic mass is 16.7. The maximum atomic E-state index is 5.98. The van der Waals surface area contributed by atoms with Gasteiger partial charge in [-0.1, -0.05) is 58.1 Å². The van der Waals surface area contributed by atoms with Gasteiger partial charge in [0.1, 0.15) is 5.75 Å². The summed E-state index contributed by atoms with van der Waals surface area (Å²) in [6, 6.07) is 6.53. The molecule has 1 saturated carbocycles. The Kier molecular flexibility index (Phi) is 7.42. The monoisotopic (exact) mass is 318 g/mol. The first kappa shape index (κ1) is 18.3. The SMILES string of the molecule is CCC(C)c1ccc(OC(C)OCCC2CCCCC2)c(C)c1. The van der Waals surface area contributed by atoms with E-state index in [1.807, 2.05) is 6.92 Å². The maximum Gasteiger partial charge on any atom is 0.196 e. The molecule has 1 aliphatic carbocycles. The largest absolute Gasteiger partial charge is 0.465 e. The fourth-order valence-electron chi connectivity index (χ4n) is 3.44. The average Bonchev–Trinajstić information content (AvgIpc) is 2.57. The molecule has 0 amide bonds. The van der Waals surface area contributed by atoms with Crippen molar-refractivity contribution in [1.29, 1.82) is 0 Å². The molecule has 0 spiro atoms. The van der Waals surface area contributed by atoms with Gasteiger partial charge < -0.3 is 9.47 Å². The van der Waals surface area contributed by atoms with E-state index in [9.17, 15) is 0 Å². The van der Waals surface area contributed by atoms with Gasteiger partial charge in [0.15, 0.2) is 6.29 Å². The summed E-state index contributed by atoms with van der Waals surface area (Å²) in [6.45, 7) is 9.44. The number of aryl methyl sites for hydroxylation is 1. The molecule has 2 heteroatoms. The summed E-state index contributed by atoms with van der Waals surface area (Å²) in [6.07, 6.45) is 9.16. The number of hydrogen-bond acceptors (Lipinski definition) is 2. The second kappa shape index (κ2) is 9.32. The van der Waals surface area contributed by atoms with Crippen LogP contribution < -0.4 is 4.74 Å². The fraction of sp³-hybridized carbons (Fsp3) is 0.714. The number of benzene rings is 1. The summed E-state index contributed by atoms with van der Waals surface area (Å²) >= 11 is 0. The zero-order valence-electron chi connectivity index (χ0n) is 15.4. The third-order valence-corrected chi connectivity index (χ3v) is 5.28. The van der Waals surface area contributed by atoms with Crippen molar-refractivity contribution in [2.45, 2.75) is 84.8 Å². The smallest absolute Gasteiger partial charge is 0.196 e. The van der Waals surface area contributed by atoms with Crippen molar-refractivity contribution < 1.29 is 9.47 Å². The molecule has 2 nitrogen and oxygen atoms in total. The van der Waals surface area contributed by atoms with Gasteiger partial charge in [0.25, 0.3) is 0 Å². The van der Waals surface area contributed by atoms with E-state index >= 15 is 0 Å². The summed E-state index contributed by atoms with van der Waals surface area (Å²) in [4.78, 5) is 0. The third kappa shape index (κ3) is 5.84. The van der Waals surface area contributed by atoms with Crippen molar-refractivity contribution in [2.24, 2.45) is 5.92 Å². The number of ether oxygens (including phenoxy) is 2. The van der Waals surface area contributed by atoms with Crippen LogP contribution in [0.15, 0.2) is 18.2 Å². The predicted octanol–water partition coefficient (Wildman–Crippen LogP) is 6.22. The molecule has 0 heterocycles. The highest BCUT2D eigenvalue weighted by molar-refractivity contribution is 5.37. The summed E-state index contributed by atoms with van der Waals surface area (Å²) < 4.78 is 11.9.